The molecule has 0 aromatic heterocycles. The van der Waals surface area contributed by atoms with Crippen molar-refractivity contribution in [2.45, 2.75) is 6.42 Å². The predicted molar refractivity (Wildman–Crippen MR) is 135 cm³/mol. The summed E-state index contributed by atoms with van der Waals surface area (Å²) < 4.78 is -0.277. The number of rotatable bonds is 3. The minimum absolute atomic E-state index is 0.277. The highest BCUT2D eigenvalue weighted by molar-refractivity contribution is 6.36. The Hall–Kier alpha value is -3.43. The van der Waals surface area contributed by atoms with Crippen LogP contribution in [0.2, 0.25) is 5.02 Å². The van der Waals surface area contributed by atoms with Gasteiger partial charge in [-0.3, -0.25) is 5.41 Å². The molecule has 5 N–H and O–H groups in total. The fourth-order valence-corrected chi connectivity index (χ4v) is 4.65. The molecule has 4 rings (SSSR count). The van der Waals surface area contributed by atoms with Crippen LogP contribution in [0.1, 0.15) is 6.42 Å². The zero-order valence-electron chi connectivity index (χ0n) is 18.8. The summed E-state index contributed by atoms with van der Waals surface area (Å²) >= 11 is 6.50. The van der Waals surface area contributed by atoms with E-state index >= 15 is 0 Å². The summed E-state index contributed by atoms with van der Waals surface area (Å²) in [7, 11) is 6.73. The summed E-state index contributed by atoms with van der Waals surface area (Å²) in [5.74, 6) is -1.31. The van der Waals surface area contributed by atoms with Gasteiger partial charge in [0.05, 0.1) is 37.0 Å². The van der Waals surface area contributed by atoms with Crippen LogP contribution in [0.15, 0.2) is 71.5 Å². The molecule has 1 amide bonds. The third-order valence-corrected chi connectivity index (χ3v) is 6.73. The van der Waals surface area contributed by atoms with Crippen LogP contribution in [-0.2, 0) is 4.79 Å². The third kappa shape index (κ3) is 4.24. The molecule has 2 aliphatic heterocycles. The summed E-state index contributed by atoms with van der Waals surface area (Å²) in [6.07, 6.45) is 3.77. The summed E-state index contributed by atoms with van der Waals surface area (Å²) in [4.78, 5) is 16.3. The Balaban J connectivity index is 1.53. The van der Waals surface area contributed by atoms with Gasteiger partial charge in [0.15, 0.2) is 7.85 Å². The van der Waals surface area contributed by atoms with Gasteiger partial charge in [-0.05, 0) is 23.9 Å². The van der Waals surface area contributed by atoms with E-state index in [1.807, 2.05) is 36.4 Å². The van der Waals surface area contributed by atoms with E-state index < -0.39 is 17.3 Å². The molecule has 1 unspecified atom stereocenters. The number of benzene rings is 2. The highest BCUT2D eigenvalue weighted by Crippen LogP contribution is 2.35. The maximum absolute atomic E-state index is 12.4. The second-order valence-electron chi connectivity index (χ2n) is 8.66. The van der Waals surface area contributed by atoms with E-state index in [-0.39, 0.29) is 16.9 Å². The Bertz CT molecular complexity index is 1270. The second-order valence-corrected chi connectivity index (χ2v) is 9.07. The monoisotopic (exact) mass is 478 g/mol. The molecular weight excluding hydrogens is 453 g/mol. The van der Waals surface area contributed by atoms with Gasteiger partial charge in [-0.1, -0.05) is 35.9 Å². The number of carbonyl (C=O) groups excluding carboxylic acids is 1. The summed E-state index contributed by atoms with van der Waals surface area (Å²) in [5.41, 5.74) is 7.92. The minimum atomic E-state index is -0.912. The standard InChI is InChI=1S/C24H25BClN5O3/c1-31(24(34)21(32)22(25)33)12-10-29(11-13-31)23(28)16-8-9-30(14-18(16)27)19-7-3-5-15-4-2-6-17(26)20(15)19/h2-7,10,12H,8-9,11,13-14H2,1H3,(H4-,27,28,32,33,34)/p+1. The molecule has 0 bridgehead atoms. The van der Waals surface area contributed by atoms with Gasteiger partial charge in [0.2, 0.25) is 5.76 Å². The lowest BCUT2D eigenvalue weighted by Gasteiger charge is -2.37. The Morgan fingerprint density at radius 1 is 1.21 bits per heavy atom. The number of halogens is 1. The zero-order chi connectivity index (χ0) is 24.6. The van der Waals surface area contributed by atoms with E-state index in [0.717, 1.165) is 22.0 Å². The Labute approximate surface area is 204 Å². The molecule has 1 atom stereocenters. The van der Waals surface area contributed by atoms with Crippen LogP contribution in [0.25, 0.3) is 10.8 Å². The SMILES string of the molecule is [B]/C(O)=C(/O)C(=O)[N+]1(C)C=CN(C(=N)C2=C(N)CN(c3cccc4cccc(Cl)c34)CC2)CC1. The Morgan fingerprint density at radius 2 is 1.91 bits per heavy atom. The smallest absolute Gasteiger partial charge is 0.387 e. The molecule has 174 valence electrons. The van der Waals surface area contributed by atoms with Crippen LogP contribution in [0.4, 0.5) is 5.69 Å². The summed E-state index contributed by atoms with van der Waals surface area (Å²) in [6.45, 7) is 1.79. The number of likely N-dealkylation sites (N-methyl/N-ethyl adjacent to an activating group) is 1. The number of anilines is 1. The van der Waals surface area contributed by atoms with Gasteiger partial charge >= 0.3 is 5.91 Å². The molecule has 2 heterocycles. The molecule has 2 aromatic rings. The van der Waals surface area contributed by atoms with E-state index in [1.165, 1.54) is 0 Å². The van der Waals surface area contributed by atoms with Gasteiger partial charge in [0.25, 0.3) is 0 Å². The number of amides is 1. The maximum Gasteiger partial charge on any atom is 0.387 e. The van der Waals surface area contributed by atoms with Crippen molar-refractivity contribution < 1.29 is 19.5 Å². The normalized spacial score (nSPS) is 21.6. The molecule has 0 fully saturated rings. The van der Waals surface area contributed by atoms with E-state index in [0.29, 0.717) is 36.8 Å². The number of nitrogens with two attached hydrogens (primary N) is 1. The number of nitrogens with one attached hydrogen (secondary N) is 1. The minimum Gasteiger partial charge on any atom is -0.520 e. The number of fused-ring (bicyclic) bond motifs is 1. The third-order valence-electron chi connectivity index (χ3n) is 6.42. The first-order valence-electron chi connectivity index (χ1n) is 10.8. The molecule has 0 saturated carbocycles. The van der Waals surface area contributed by atoms with Gasteiger partial charge in [-0.2, -0.15) is 0 Å². The molecule has 0 aliphatic carbocycles. The zero-order valence-corrected chi connectivity index (χ0v) is 19.6. The first kappa shape index (κ1) is 23.7. The number of carbonyl (C=O) groups is 1. The molecule has 10 heteroatoms. The second kappa shape index (κ2) is 9.08. The van der Waals surface area contributed by atoms with E-state index in [4.69, 9.17) is 30.6 Å². The van der Waals surface area contributed by atoms with Gasteiger partial charge in [-0.15, -0.1) is 0 Å². The largest absolute Gasteiger partial charge is 0.520 e. The van der Waals surface area contributed by atoms with Crippen molar-refractivity contribution in [3.8, 4) is 0 Å². The van der Waals surface area contributed by atoms with Crippen LogP contribution >= 0.6 is 11.6 Å². The molecule has 34 heavy (non-hydrogen) atoms. The lowest BCUT2D eigenvalue weighted by atomic mass is 10.0. The van der Waals surface area contributed by atoms with Crippen LogP contribution < -0.4 is 10.6 Å². The van der Waals surface area contributed by atoms with Gasteiger partial charge in [0, 0.05) is 28.9 Å². The van der Waals surface area contributed by atoms with Gasteiger partial charge in [-0.25, -0.2) is 9.28 Å². The number of nitrogens with zero attached hydrogens (tertiary/aromatic N) is 3. The van der Waals surface area contributed by atoms with Crippen molar-refractivity contribution in [3.05, 3.63) is 76.5 Å². The predicted octanol–water partition coefficient (Wildman–Crippen LogP) is 3.11. The molecular formula is C24H26BClN5O3+. The Kier molecular flexibility index (Phi) is 6.33. The number of aliphatic hydroxyl groups excluding tert-OH is 2. The van der Waals surface area contributed by atoms with Crippen LogP contribution in [0, 0.1) is 5.41 Å². The number of aliphatic hydroxyl groups is 2. The Morgan fingerprint density at radius 3 is 2.53 bits per heavy atom. The fourth-order valence-electron chi connectivity index (χ4n) is 4.38. The molecule has 2 aromatic carbocycles. The topological polar surface area (TPSA) is 114 Å². The van der Waals surface area contributed by atoms with E-state index in [1.54, 1.807) is 24.3 Å². The first-order chi connectivity index (χ1) is 16.1. The number of hydrogen-bond donors (Lipinski definition) is 4. The lowest BCUT2D eigenvalue weighted by Crippen LogP contribution is -2.53. The van der Waals surface area contributed by atoms with Crippen molar-refractivity contribution in [1.29, 1.82) is 5.41 Å². The fraction of sp³-hybridized carbons (Fsp3) is 0.250. The molecule has 0 saturated heterocycles. The van der Waals surface area contributed by atoms with Crippen LogP contribution in [0.3, 0.4) is 0 Å². The van der Waals surface area contributed by atoms with Crippen molar-refractivity contribution in [2.75, 3.05) is 38.1 Å². The highest BCUT2D eigenvalue weighted by Gasteiger charge is 2.37. The van der Waals surface area contributed by atoms with Gasteiger partial charge in [0.1, 0.15) is 18.6 Å². The average Bonchev–Trinajstić information content (AvgIpc) is 2.83. The summed E-state index contributed by atoms with van der Waals surface area (Å²) in [5, 5.41) is 30.4. The molecule has 2 aliphatic rings. The van der Waals surface area contributed by atoms with E-state index in [2.05, 4.69) is 4.90 Å². The maximum atomic E-state index is 12.4. The number of quaternary nitrogens is 1. The van der Waals surface area contributed by atoms with Crippen LogP contribution in [-0.4, -0.2) is 72.4 Å². The van der Waals surface area contributed by atoms with Crippen LogP contribution in [0.5, 0.6) is 0 Å². The number of hydrogen-bond acceptors (Lipinski definition) is 6. The number of amidine groups is 1. The first-order valence-corrected chi connectivity index (χ1v) is 11.2. The van der Waals surface area contributed by atoms with E-state index in [9.17, 15) is 15.0 Å². The van der Waals surface area contributed by atoms with Gasteiger partial charge < -0.3 is 25.7 Å². The van der Waals surface area contributed by atoms with Crippen molar-refractivity contribution in [1.82, 2.24) is 4.90 Å². The average molecular weight is 479 g/mol. The highest BCUT2D eigenvalue weighted by atomic mass is 35.5. The molecule has 0 spiro atoms. The lowest BCUT2D eigenvalue weighted by molar-refractivity contribution is -0.782. The van der Waals surface area contributed by atoms with Crippen molar-refractivity contribution in [3.63, 3.8) is 0 Å². The van der Waals surface area contributed by atoms with Crippen molar-refractivity contribution in [2.24, 2.45) is 5.73 Å². The van der Waals surface area contributed by atoms with Crippen molar-refractivity contribution >= 4 is 47.6 Å². The quantitative estimate of drug-likeness (QED) is 0.135. The molecule has 2 radical (unpaired) electrons. The summed E-state index contributed by atoms with van der Waals surface area (Å²) in [6, 6.07) is 11.9. The molecule has 8 nitrogen and oxygen atoms in total.